The molecule has 1 fully saturated rings. The number of nitrogens with zero attached hydrogens (tertiary/aromatic N) is 1. The van der Waals surface area contributed by atoms with Gasteiger partial charge in [0, 0.05) is 30.6 Å². The molecule has 2 heterocycles. The van der Waals surface area contributed by atoms with Crippen molar-refractivity contribution in [2.75, 3.05) is 6.54 Å². The van der Waals surface area contributed by atoms with Gasteiger partial charge in [-0.15, -0.1) is 0 Å². The molecule has 1 saturated heterocycles. The summed E-state index contributed by atoms with van der Waals surface area (Å²) in [6, 6.07) is 5.25. The van der Waals surface area contributed by atoms with Crippen LogP contribution < -0.4 is 20.9 Å². The van der Waals surface area contributed by atoms with Gasteiger partial charge in [0.15, 0.2) is 28.8 Å². The van der Waals surface area contributed by atoms with Crippen LogP contribution in [0, 0.1) is 17.6 Å². The monoisotopic (exact) mass is 366 g/mol. The number of nitrogens with one attached hydrogen (secondary N) is 3. The normalized spacial score (nSPS) is 22.4. The second-order valence-corrected chi connectivity index (χ2v) is 6.26. The Morgan fingerprint density at radius 2 is 1.92 bits per heavy atom. The van der Waals surface area contributed by atoms with Gasteiger partial charge >= 0.3 is 0 Å². The number of hydrogen-bond donors (Lipinski definition) is 3. The topological polar surface area (TPSA) is 88.4 Å². The number of amides is 1. The Kier molecular flexibility index (Phi) is 5.48. The van der Waals surface area contributed by atoms with Crippen LogP contribution in [0.2, 0.25) is 0 Å². The second-order valence-electron chi connectivity index (χ2n) is 6.26. The Labute approximate surface area is 149 Å². The zero-order chi connectivity index (χ0) is 18.7. The summed E-state index contributed by atoms with van der Waals surface area (Å²) in [5.41, 5.74) is 6.31. The van der Waals surface area contributed by atoms with Gasteiger partial charge in [-0.05, 0) is 26.0 Å². The van der Waals surface area contributed by atoms with Gasteiger partial charge in [0.2, 0.25) is 0 Å². The first-order chi connectivity index (χ1) is 12.5. The molecule has 0 saturated carbocycles. The number of carbonyl (C=O) groups is 1. The van der Waals surface area contributed by atoms with Crippen molar-refractivity contribution in [3.63, 3.8) is 0 Å². The highest BCUT2D eigenvalue weighted by molar-refractivity contribution is 5.92. The van der Waals surface area contributed by atoms with E-state index < -0.39 is 17.4 Å². The molecule has 0 radical (unpaired) electrons. The average molecular weight is 366 g/mol. The Morgan fingerprint density at radius 1 is 1.27 bits per heavy atom. The minimum Gasteiger partial charge on any atom is -0.479 e. The quantitative estimate of drug-likeness (QED) is 0.722. The standard InChI is InChI=1S/C17H20F2N4O3/c1-9-12(10(2)22-21-9)7-20-17(24)15-6-11(26-23-15)8-25-16-13(18)4-3-5-14(16)19/h3-6,9-10,12,21-22H,7-8H2,1-2H3,(H,20,24). The number of benzene rings is 1. The van der Waals surface area contributed by atoms with Crippen molar-refractivity contribution in [1.82, 2.24) is 21.3 Å². The van der Waals surface area contributed by atoms with E-state index in [0.717, 1.165) is 12.1 Å². The minimum absolute atomic E-state index is 0.0804. The van der Waals surface area contributed by atoms with E-state index in [1.807, 2.05) is 13.8 Å². The second kappa shape index (κ2) is 7.79. The molecule has 3 N–H and O–H groups in total. The smallest absolute Gasteiger partial charge is 0.273 e. The van der Waals surface area contributed by atoms with Crippen LogP contribution in [0.3, 0.4) is 0 Å². The molecule has 3 rings (SSSR count). The third-order valence-corrected chi connectivity index (χ3v) is 4.39. The summed E-state index contributed by atoms with van der Waals surface area (Å²) in [6.45, 7) is 4.28. The van der Waals surface area contributed by atoms with E-state index in [-0.39, 0.29) is 42.0 Å². The van der Waals surface area contributed by atoms with Crippen molar-refractivity contribution >= 4 is 5.91 Å². The fraction of sp³-hybridized carbons (Fsp3) is 0.412. The van der Waals surface area contributed by atoms with Crippen LogP contribution in [-0.2, 0) is 6.61 Å². The minimum atomic E-state index is -0.815. The summed E-state index contributed by atoms with van der Waals surface area (Å²) < 4.78 is 37.1. The third kappa shape index (κ3) is 4.00. The molecule has 2 atom stereocenters. The molecule has 1 aliphatic heterocycles. The zero-order valence-electron chi connectivity index (χ0n) is 14.4. The average Bonchev–Trinajstić information content (AvgIpc) is 3.20. The van der Waals surface area contributed by atoms with Crippen LogP contribution in [0.5, 0.6) is 5.75 Å². The molecule has 1 aliphatic rings. The SMILES string of the molecule is CC1NNC(C)C1CNC(=O)c1cc(COc2c(F)cccc2F)on1. The van der Waals surface area contributed by atoms with Crippen molar-refractivity contribution in [3.05, 3.63) is 47.4 Å². The summed E-state index contributed by atoms with van der Waals surface area (Å²) >= 11 is 0. The van der Waals surface area contributed by atoms with Gasteiger partial charge in [0.1, 0.15) is 6.61 Å². The molecule has 7 nitrogen and oxygen atoms in total. The molecule has 0 spiro atoms. The number of hydrazine groups is 1. The molecule has 0 aliphatic carbocycles. The molecule has 1 aromatic carbocycles. The number of carbonyl (C=O) groups excluding carboxylic acids is 1. The van der Waals surface area contributed by atoms with Gasteiger partial charge in [-0.2, -0.15) is 0 Å². The first-order valence-corrected chi connectivity index (χ1v) is 8.27. The molecule has 9 heteroatoms. The highest BCUT2D eigenvalue weighted by Gasteiger charge is 2.30. The van der Waals surface area contributed by atoms with Gasteiger partial charge in [-0.25, -0.2) is 8.78 Å². The number of ether oxygens (including phenoxy) is 1. The Bertz CT molecular complexity index is 753. The Hall–Kier alpha value is -2.52. The van der Waals surface area contributed by atoms with Crippen molar-refractivity contribution in [1.29, 1.82) is 0 Å². The highest BCUT2D eigenvalue weighted by Crippen LogP contribution is 2.22. The van der Waals surface area contributed by atoms with E-state index >= 15 is 0 Å². The number of hydrogen-bond acceptors (Lipinski definition) is 6. The maximum absolute atomic E-state index is 13.5. The maximum Gasteiger partial charge on any atom is 0.273 e. The molecular formula is C17H20F2N4O3. The van der Waals surface area contributed by atoms with Crippen LogP contribution in [0.25, 0.3) is 0 Å². The maximum atomic E-state index is 13.5. The van der Waals surface area contributed by atoms with E-state index in [9.17, 15) is 13.6 Å². The van der Waals surface area contributed by atoms with Crippen molar-refractivity contribution in [2.45, 2.75) is 32.5 Å². The van der Waals surface area contributed by atoms with Crippen LogP contribution in [0.4, 0.5) is 8.78 Å². The Morgan fingerprint density at radius 3 is 2.58 bits per heavy atom. The molecule has 26 heavy (non-hydrogen) atoms. The summed E-state index contributed by atoms with van der Waals surface area (Å²) in [6.07, 6.45) is 0. The number of para-hydroxylation sites is 1. The van der Waals surface area contributed by atoms with Crippen molar-refractivity contribution in [3.8, 4) is 5.75 Å². The fourth-order valence-corrected chi connectivity index (χ4v) is 2.82. The molecule has 140 valence electrons. The molecule has 2 unspecified atom stereocenters. The van der Waals surface area contributed by atoms with Crippen LogP contribution in [0.15, 0.2) is 28.8 Å². The molecule has 1 amide bonds. The van der Waals surface area contributed by atoms with Crippen LogP contribution >= 0.6 is 0 Å². The van der Waals surface area contributed by atoms with E-state index in [1.54, 1.807) is 0 Å². The largest absolute Gasteiger partial charge is 0.479 e. The summed E-state index contributed by atoms with van der Waals surface area (Å²) in [5, 5.41) is 6.48. The summed E-state index contributed by atoms with van der Waals surface area (Å²) in [7, 11) is 0. The number of aromatic nitrogens is 1. The molecular weight excluding hydrogens is 346 g/mol. The number of rotatable bonds is 6. The van der Waals surface area contributed by atoms with E-state index in [2.05, 4.69) is 21.3 Å². The number of halogens is 2. The van der Waals surface area contributed by atoms with E-state index in [4.69, 9.17) is 9.26 Å². The van der Waals surface area contributed by atoms with Gasteiger partial charge < -0.3 is 14.6 Å². The van der Waals surface area contributed by atoms with Gasteiger partial charge in [-0.3, -0.25) is 15.6 Å². The fourth-order valence-electron chi connectivity index (χ4n) is 2.82. The lowest BCUT2D eigenvalue weighted by Crippen LogP contribution is -2.37. The van der Waals surface area contributed by atoms with Gasteiger partial charge in [-0.1, -0.05) is 11.2 Å². The highest BCUT2D eigenvalue weighted by atomic mass is 19.1. The van der Waals surface area contributed by atoms with E-state index in [0.29, 0.717) is 6.54 Å². The van der Waals surface area contributed by atoms with Crippen LogP contribution in [0.1, 0.15) is 30.1 Å². The van der Waals surface area contributed by atoms with Crippen molar-refractivity contribution < 1.29 is 22.8 Å². The lowest BCUT2D eigenvalue weighted by atomic mass is 9.97. The lowest BCUT2D eigenvalue weighted by Gasteiger charge is -2.17. The predicted molar refractivity (Wildman–Crippen MR) is 88.2 cm³/mol. The third-order valence-electron chi connectivity index (χ3n) is 4.39. The first kappa shape index (κ1) is 18.3. The molecule has 1 aromatic heterocycles. The summed E-state index contributed by atoms with van der Waals surface area (Å²) in [5.74, 6) is -2.10. The lowest BCUT2D eigenvalue weighted by molar-refractivity contribution is 0.0936. The zero-order valence-corrected chi connectivity index (χ0v) is 14.4. The predicted octanol–water partition coefficient (Wildman–Crippen LogP) is 1.76. The molecule has 2 aromatic rings. The van der Waals surface area contributed by atoms with E-state index in [1.165, 1.54) is 12.1 Å². The van der Waals surface area contributed by atoms with Gasteiger partial charge in [0.25, 0.3) is 5.91 Å². The van der Waals surface area contributed by atoms with Crippen molar-refractivity contribution in [2.24, 2.45) is 5.92 Å². The van der Waals surface area contributed by atoms with Crippen LogP contribution in [-0.4, -0.2) is 29.7 Å². The molecule has 0 bridgehead atoms. The summed E-state index contributed by atoms with van der Waals surface area (Å²) in [4.78, 5) is 12.2. The Balaban J connectivity index is 1.55. The first-order valence-electron chi connectivity index (χ1n) is 8.27. The van der Waals surface area contributed by atoms with Gasteiger partial charge in [0.05, 0.1) is 0 Å².